The number of aryl methyl sites for hydroxylation is 1. The molecule has 0 bridgehead atoms. The van der Waals surface area contributed by atoms with Crippen LogP contribution in [-0.4, -0.2) is 57.2 Å². The summed E-state index contributed by atoms with van der Waals surface area (Å²) in [5.74, 6) is -0.452. The van der Waals surface area contributed by atoms with Gasteiger partial charge in [-0.2, -0.15) is 5.10 Å². The van der Waals surface area contributed by atoms with Crippen molar-refractivity contribution in [3.63, 3.8) is 0 Å². The molecule has 0 saturated carbocycles. The molecule has 5 rings (SSSR count). The summed E-state index contributed by atoms with van der Waals surface area (Å²) in [7, 11) is 1.90. The molecule has 1 amide bonds. The zero-order valence-electron chi connectivity index (χ0n) is 20.7. The summed E-state index contributed by atoms with van der Waals surface area (Å²) >= 11 is 6.50. The van der Waals surface area contributed by atoms with E-state index in [-0.39, 0.29) is 23.6 Å². The first kappa shape index (κ1) is 25.1. The summed E-state index contributed by atoms with van der Waals surface area (Å²) in [5.41, 5.74) is 3.15. The number of benzene rings is 2. The maximum atomic E-state index is 14.4. The highest BCUT2D eigenvalue weighted by atomic mass is 35.5. The summed E-state index contributed by atoms with van der Waals surface area (Å²) in [4.78, 5) is 21.0. The lowest BCUT2D eigenvalue weighted by atomic mass is 9.99. The van der Waals surface area contributed by atoms with E-state index in [2.05, 4.69) is 10.1 Å². The number of amides is 1. The van der Waals surface area contributed by atoms with Crippen LogP contribution >= 0.6 is 11.6 Å². The number of carbonyl (C=O) groups is 1. The number of fused-ring (bicyclic) bond motifs is 1. The zero-order chi connectivity index (χ0) is 26.3. The maximum Gasteiger partial charge on any atom is 0.237 e. The van der Waals surface area contributed by atoms with Gasteiger partial charge in [0.05, 0.1) is 35.7 Å². The van der Waals surface area contributed by atoms with Crippen molar-refractivity contribution >= 4 is 28.4 Å². The minimum Gasteiger partial charge on any atom is -0.487 e. The van der Waals surface area contributed by atoms with E-state index >= 15 is 0 Å². The smallest absolute Gasteiger partial charge is 0.237 e. The van der Waals surface area contributed by atoms with Crippen LogP contribution in [0.15, 0.2) is 48.8 Å². The fourth-order valence-electron chi connectivity index (χ4n) is 4.75. The van der Waals surface area contributed by atoms with Crippen LogP contribution in [0.5, 0.6) is 5.75 Å². The van der Waals surface area contributed by atoms with Crippen molar-refractivity contribution in [3.05, 3.63) is 82.3 Å². The molecule has 10 heteroatoms. The van der Waals surface area contributed by atoms with Crippen LogP contribution < -0.4 is 4.74 Å². The Morgan fingerprint density at radius 3 is 2.70 bits per heavy atom. The molecule has 0 aliphatic carbocycles. The van der Waals surface area contributed by atoms with Gasteiger partial charge in [-0.05, 0) is 50.7 Å². The van der Waals surface area contributed by atoms with Gasteiger partial charge < -0.3 is 9.64 Å². The van der Waals surface area contributed by atoms with Crippen molar-refractivity contribution in [2.45, 2.75) is 26.5 Å². The molecule has 4 aromatic rings. The second-order valence-corrected chi connectivity index (χ2v) is 9.69. The minimum absolute atomic E-state index is 0.0233. The number of hydrogen-bond donors (Lipinski definition) is 0. The average Bonchev–Trinajstić information content (AvgIpc) is 3.28. The van der Waals surface area contributed by atoms with Gasteiger partial charge in [0.2, 0.25) is 5.91 Å². The number of para-hydroxylation sites is 1. The predicted octanol–water partition coefficient (Wildman–Crippen LogP) is 5.07. The summed E-state index contributed by atoms with van der Waals surface area (Å²) in [6.45, 7) is 5.33. The monoisotopic (exact) mass is 525 g/mol. The quantitative estimate of drug-likeness (QED) is 0.351. The number of likely N-dealkylation sites (N-methyl/N-ethyl adjacent to an activating group) is 1. The molecule has 1 saturated heterocycles. The molecule has 1 atom stereocenters. The van der Waals surface area contributed by atoms with E-state index in [4.69, 9.17) is 16.3 Å². The fraction of sp³-hybridized carbons (Fsp3) is 0.296. The molecule has 1 aliphatic rings. The second kappa shape index (κ2) is 10.1. The Morgan fingerprint density at radius 2 is 1.97 bits per heavy atom. The van der Waals surface area contributed by atoms with Gasteiger partial charge in [-0.25, -0.2) is 18.4 Å². The van der Waals surface area contributed by atoms with Gasteiger partial charge in [0.15, 0.2) is 5.82 Å². The van der Waals surface area contributed by atoms with Crippen LogP contribution in [-0.2, 0) is 11.4 Å². The number of nitrogens with zero attached hydrogens (tertiary/aromatic N) is 5. The number of rotatable bonds is 6. The number of ether oxygens (including phenoxy) is 1. The summed E-state index contributed by atoms with van der Waals surface area (Å²) in [6, 6.07) is 9.56. The van der Waals surface area contributed by atoms with Crippen LogP contribution in [0.2, 0.25) is 5.02 Å². The van der Waals surface area contributed by atoms with Gasteiger partial charge in [-0.15, -0.1) is 0 Å². The topological polar surface area (TPSA) is 63.5 Å². The molecular weight excluding hydrogens is 500 g/mol. The van der Waals surface area contributed by atoms with Crippen LogP contribution in [0.1, 0.15) is 29.8 Å². The molecule has 0 spiro atoms. The fourth-order valence-corrected chi connectivity index (χ4v) is 5.01. The third-order valence-corrected chi connectivity index (χ3v) is 6.98. The predicted molar refractivity (Wildman–Crippen MR) is 137 cm³/mol. The molecule has 1 fully saturated rings. The minimum atomic E-state index is -0.476. The molecule has 37 heavy (non-hydrogen) atoms. The molecule has 192 valence electrons. The lowest BCUT2D eigenvalue weighted by Crippen LogP contribution is -2.49. The molecule has 2 aromatic carbocycles. The van der Waals surface area contributed by atoms with E-state index in [1.807, 2.05) is 44.0 Å². The Morgan fingerprint density at radius 1 is 1.16 bits per heavy atom. The highest BCUT2D eigenvalue weighted by Gasteiger charge is 2.29. The average molecular weight is 526 g/mol. The SMILES string of the molecule is Cc1cc(-n2cc(F)cn2)c2cccc(OCc3c(Cl)cc(F)cc3[C@H](C)N3CCN(C)CC3=O)c2n1. The van der Waals surface area contributed by atoms with E-state index in [1.165, 1.54) is 23.0 Å². The van der Waals surface area contributed by atoms with E-state index in [0.717, 1.165) is 18.1 Å². The van der Waals surface area contributed by atoms with Crippen molar-refractivity contribution in [2.75, 3.05) is 26.7 Å². The van der Waals surface area contributed by atoms with Crippen molar-refractivity contribution in [3.8, 4) is 11.4 Å². The second-order valence-electron chi connectivity index (χ2n) is 9.28. The van der Waals surface area contributed by atoms with Crippen molar-refractivity contribution in [2.24, 2.45) is 0 Å². The molecule has 0 unspecified atom stereocenters. The van der Waals surface area contributed by atoms with Gasteiger partial charge >= 0.3 is 0 Å². The van der Waals surface area contributed by atoms with Gasteiger partial charge in [-0.3, -0.25) is 9.69 Å². The lowest BCUT2D eigenvalue weighted by Gasteiger charge is -2.37. The van der Waals surface area contributed by atoms with Crippen molar-refractivity contribution in [1.82, 2.24) is 24.6 Å². The third-order valence-electron chi connectivity index (χ3n) is 6.64. The van der Waals surface area contributed by atoms with Crippen LogP contribution in [0.25, 0.3) is 16.6 Å². The first-order chi connectivity index (χ1) is 17.7. The maximum absolute atomic E-state index is 14.4. The highest BCUT2D eigenvalue weighted by Crippen LogP contribution is 2.34. The molecule has 0 radical (unpaired) electrons. The third kappa shape index (κ3) is 5.01. The summed E-state index contributed by atoms with van der Waals surface area (Å²) in [5, 5.41) is 5.04. The standard InChI is InChI=1S/C27H26ClF2N5O2/c1-16-9-24(35-13-19(30)12-31-35)20-5-4-6-25(27(20)32-16)37-15-22-21(10-18(29)11-23(22)28)17(2)34-8-7-33(3)14-26(34)36/h4-6,9-13,17H,7-8,14-15H2,1-3H3/t17-/m0/s1. The summed E-state index contributed by atoms with van der Waals surface area (Å²) < 4.78 is 35.8. The number of halogens is 3. The molecule has 7 nitrogen and oxygen atoms in total. The molecular formula is C27H26ClF2N5O2. The Balaban J connectivity index is 1.49. The van der Waals surface area contributed by atoms with Crippen LogP contribution in [0.4, 0.5) is 8.78 Å². The molecule has 1 aliphatic heterocycles. The molecule has 0 N–H and O–H groups in total. The highest BCUT2D eigenvalue weighted by molar-refractivity contribution is 6.31. The van der Waals surface area contributed by atoms with Gasteiger partial charge in [0, 0.05) is 29.7 Å². The van der Waals surface area contributed by atoms with Crippen LogP contribution in [0, 0.1) is 18.6 Å². The Bertz CT molecular complexity index is 1490. The Kier molecular flexibility index (Phi) is 6.83. The normalized spacial score (nSPS) is 15.4. The van der Waals surface area contributed by atoms with E-state index < -0.39 is 11.6 Å². The number of hydrogen-bond acceptors (Lipinski definition) is 5. The van der Waals surface area contributed by atoms with E-state index in [1.54, 1.807) is 11.0 Å². The van der Waals surface area contributed by atoms with Crippen LogP contribution in [0.3, 0.4) is 0 Å². The first-order valence-corrected chi connectivity index (χ1v) is 12.3. The number of pyridine rings is 1. The van der Waals surface area contributed by atoms with Gasteiger partial charge in [0.25, 0.3) is 0 Å². The number of aromatic nitrogens is 3. The number of carbonyl (C=O) groups excluding carboxylic acids is 1. The molecule has 2 aromatic heterocycles. The zero-order valence-corrected chi connectivity index (χ0v) is 21.5. The summed E-state index contributed by atoms with van der Waals surface area (Å²) in [6.07, 6.45) is 2.44. The first-order valence-electron chi connectivity index (χ1n) is 11.9. The van der Waals surface area contributed by atoms with Gasteiger partial charge in [0.1, 0.15) is 23.7 Å². The largest absolute Gasteiger partial charge is 0.487 e. The Hall–Kier alpha value is -3.56. The van der Waals surface area contributed by atoms with E-state index in [0.29, 0.717) is 46.9 Å². The van der Waals surface area contributed by atoms with E-state index in [9.17, 15) is 13.6 Å². The van der Waals surface area contributed by atoms with Gasteiger partial charge in [-0.1, -0.05) is 23.7 Å². The molecule has 3 heterocycles. The lowest BCUT2D eigenvalue weighted by molar-refractivity contribution is -0.137. The Labute approximate surface area is 218 Å². The van der Waals surface area contributed by atoms with Crippen molar-refractivity contribution < 1.29 is 18.3 Å². The number of piperazine rings is 1. The van der Waals surface area contributed by atoms with Crippen molar-refractivity contribution in [1.29, 1.82) is 0 Å².